The Bertz CT molecular complexity index is 717. The van der Waals surface area contributed by atoms with Crippen molar-refractivity contribution in [3.63, 3.8) is 0 Å². The van der Waals surface area contributed by atoms with Gasteiger partial charge in [-0.2, -0.15) is 0 Å². The van der Waals surface area contributed by atoms with Gasteiger partial charge in [0.25, 0.3) is 0 Å². The lowest BCUT2D eigenvalue weighted by molar-refractivity contribution is -0.128. The van der Waals surface area contributed by atoms with E-state index in [1.807, 2.05) is 35.7 Å². The van der Waals surface area contributed by atoms with Gasteiger partial charge in [-0.15, -0.1) is 11.3 Å². The van der Waals surface area contributed by atoms with Gasteiger partial charge in [-0.05, 0) is 23.1 Å². The molecule has 2 amide bonds. The highest BCUT2D eigenvalue weighted by molar-refractivity contribution is 7.10. The number of carbonyl (C=O) groups is 2. The first-order valence-electron chi connectivity index (χ1n) is 7.38. The summed E-state index contributed by atoms with van der Waals surface area (Å²) in [4.78, 5) is 27.4. The number of nitrogens with one attached hydrogen (secondary N) is 1. The molecule has 6 heteroatoms. The van der Waals surface area contributed by atoms with Crippen LogP contribution < -0.4 is 5.32 Å². The van der Waals surface area contributed by atoms with Crippen LogP contribution in [0.4, 0.5) is 0 Å². The summed E-state index contributed by atoms with van der Waals surface area (Å²) in [5.74, 6) is -0.476. The van der Waals surface area contributed by atoms with E-state index in [1.54, 1.807) is 29.4 Å². The van der Waals surface area contributed by atoms with Crippen LogP contribution in [0.1, 0.15) is 22.9 Å². The van der Waals surface area contributed by atoms with Gasteiger partial charge in [0.05, 0.1) is 12.0 Å². The van der Waals surface area contributed by atoms with Crippen LogP contribution in [0.15, 0.2) is 41.8 Å². The number of halogens is 1. The van der Waals surface area contributed by atoms with Crippen molar-refractivity contribution < 1.29 is 9.59 Å². The average molecular weight is 349 g/mol. The molecule has 2 heterocycles. The number of hydrogen-bond donors (Lipinski definition) is 1. The lowest BCUT2D eigenvalue weighted by Crippen LogP contribution is -2.34. The van der Waals surface area contributed by atoms with Gasteiger partial charge in [-0.25, -0.2) is 0 Å². The molecular formula is C17H17ClN2O2S. The maximum Gasteiger partial charge on any atom is 0.226 e. The van der Waals surface area contributed by atoms with Crippen molar-refractivity contribution in [2.24, 2.45) is 5.92 Å². The Balaban J connectivity index is 1.73. The van der Waals surface area contributed by atoms with Gasteiger partial charge in [0, 0.05) is 29.9 Å². The molecule has 3 rings (SSSR count). The summed E-state index contributed by atoms with van der Waals surface area (Å²) in [7, 11) is 1.76. The summed E-state index contributed by atoms with van der Waals surface area (Å²) in [6, 6.07) is 11.1. The molecule has 1 aromatic carbocycles. The summed E-state index contributed by atoms with van der Waals surface area (Å²) < 4.78 is 0. The average Bonchev–Trinajstić information content (AvgIpc) is 3.15. The highest BCUT2D eigenvalue weighted by Crippen LogP contribution is 2.39. The topological polar surface area (TPSA) is 49.4 Å². The van der Waals surface area contributed by atoms with E-state index in [0.29, 0.717) is 11.6 Å². The monoisotopic (exact) mass is 348 g/mol. The first kappa shape index (κ1) is 16.0. The predicted octanol–water partition coefficient (Wildman–Crippen LogP) is 3.24. The number of likely N-dealkylation sites (tertiary alicyclic amines) is 1. The van der Waals surface area contributed by atoms with Crippen molar-refractivity contribution in [2.45, 2.75) is 19.0 Å². The van der Waals surface area contributed by atoms with E-state index in [0.717, 1.165) is 10.4 Å². The van der Waals surface area contributed by atoms with Gasteiger partial charge in [-0.1, -0.05) is 35.9 Å². The van der Waals surface area contributed by atoms with Crippen LogP contribution >= 0.6 is 22.9 Å². The SMILES string of the molecule is CN1C(=O)C[C@H](C(=O)NCc2ccccc2Cl)[C@H]1c1cccs1. The number of nitrogens with zero attached hydrogens (tertiary/aromatic N) is 1. The number of rotatable bonds is 4. The number of amides is 2. The lowest BCUT2D eigenvalue weighted by Gasteiger charge is -2.23. The maximum atomic E-state index is 12.6. The van der Waals surface area contributed by atoms with E-state index < -0.39 is 0 Å². The fraction of sp³-hybridized carbons (Fsp3) is 0.294. The zero-order valence-corrected chi connectivity index (χ0v) is 14.2. The molecule has 0 unspecified atom stereocenters. The lowest BCUT2D eigenvalue weighted by atomic mass is 9.98. The third-order valence-electron chi connectivity index (χ3n) is 4.17. The molecule has 23 heavy (non-hydrogen) atoms. The van der Waals surface area contributed by atoms with E-state index in [1.165, 1.54) is 0 Å². The second-order valence-corrected chi connectivity index (χ2v) is 6.97. The highest BCUT2D eigenvalue weighted by atomic mass is 35.5. The first-order valence-corrected chi connectivity index (χ1v) is 8.64. The van der Waals surface area contributed by atoms with Crippen LogP contribution in [0.5, 0.6) is 0 Å². The molecule has 1 fully saturated rings. The Labute approximate surface area is 144 Å². The fourth-order valence-electron chi connectivity index (χ4n) is 2.91. The Kier molecular flexibility index (Phi) is 4.68. The molecule has 0 bridgehead atoms. The van der Waals surface area contributed by atoms with Gasteiger partial charge in [0.1, 0.15) is 0 Å². The Morgan fingerprint density at radius 1 is 1.35 bits per heavy atom. The van der Waals surface area contributed by atoms with Gasteiger partial charge in [0.15, 0.2) is 0 Å². The Hall–Kier alpha value is -1.85. The maximum absolute atomic E-state index is 12.6. The van der Waals surface area contributed by atoms with E-state index in [4.69, 9.17) is 11.6 Å². The van der Waals surface area contributed by atoms with Gasteiger partial charge < -0.3 is 10.2 Å². The molecule has 0 saturated carbocycles. The summed E-state index contributed by atoms with van der Waals surface area (Å²) >= 11 is 7.68. The van der Waals surface area contributed by atoms with Gasteiger partial charge >= 0.3 is 0 Å². The number of thiophene rings is 1. The second kappa shape index (κ2) is 6.72. The molecule has 2 atom stereocenters. The molecule has 0 aliphatic carbocycles. The number of hydrogen-bond acceptors (Lipinski definition) is 3. The molecule has 1 saturated heterocycles. The van der Waals surface area contributed by atoms with Crippen molar-refractivity contribution in [1.29, 1.82) is 0 Å². The van der Waals surface area contributed by atoms with E-state index >= 15 is 0 Å². The Morgan fingerprint density at radius 2 is 2.13 bits per heavy atom. The van der Waals surface area contributed by atoms with Crippen LogP contribution in [-0.4, -0.2) is 23.8 Å². The molecule has 120 valence electrons. The van der Waals surface area contributed by atoms with Crippen LogP contribution in [0.3, 0.4) is 0 Å². The van der Waals surface area contributed by atoms with Crippen LogP contribution in [0.2, 0.25) is 5.02 Å². The largest absolute Gasteiger partial charge is 0.352 e. The zero-order valence-electron chi connectivity index (χ0n) is 12.7. The fourth-order valence-corrected chi connectivity index (χ4v) is 4.04. The zero-order chi connectivity index (χ0) is 16.4. The van der Waals surface area contributed by atoms with Gasteiger partial charge in [0.2, 0.25) is 11.8 Å². The van der Waals surface area contributed by atoms with Crippen LogP contribution in [0, 0.1) is 5.92 Å². The predicted molar refractivity (Wildman–Crippen MR) is 91.2 cm³/mol. The Morgan fingerprint density at radius 3 is 2.83 bits per heavy atom. The van der Waals surface area contributed by atoms with Gasteiger partial charge in [-0.3, -0.25) is 9.59 Å². The molecular weight excluding hydrogens is 332 g/mol. The number of benzene rings is 1. The summed E-state index contributed by atoms with van der Waals surface area (Å²) in [5, 5.41) is 5.51. The summed E-state index contributed by atoms with van der Waals surface area (Å²) in [6.45, 7) is 0.365. The molecule has 0 radical (unpaired) electrons. The van der Waals surface area contributed by atoms with Crippen LogP contribution in [0.25, 0.3) is 0 Å². The minimum Gasteiger partial charge on any atom is -0.352 e. The number of carbonyl (C=O) groups excluding carboxylic acids is 2. The molecule has 1 aliphatic heterocycles. The minimum atomic E-state index is -0.367. The van der Waals surface area contributed by atoms with E-state index in [2.05, 4.69) is 5.32 Å². The van der Waals surface area contributed by atoms with Crippen molar-refractivity contribution in [3.8, 4) is 0 Å². The molecule has 1 N–H and O–H groups in total. The summed E-state index contributed by atoms with van der Waals surface area (Å²) in [6.07, 6.45) is 0.243. The molecule has 1 aromatic heterocycles. The molecule has 0 spiro atoms. The third-order valence-corrected chi connectivity index (χ3v) is 5.48. The smallest absolute Gasteiger partial charge is 0.226 e. The standard InChI is InChI=1S/C17H17ClN2O2S/c1-20-15(21)9-12(16(20)14-7-4-8-23-14)17(22)19-10-11-5-2-3-6-13(11)18/h2-8,12,16H,9-10H2,1H3,(H,19,22)/t12-,16-/m0/s1. The van der Waals surface area contributed by atoms with E-state index in [-0.39, 0.29) is 30.2 Å². The highest BCUT2D eigenvalue weighted by Gasteiger charge is 2.43. The molecule has 4 nitrogen and oxygen atoms in total. The normalized spacial score (nSPS) is 20.8. The third kappa shape index (κ3) is 3.26. The quantitative estimate of drug-likeness (QED) is 0.922. The first-order chi connectivity index (χ1) is 11.1. The molecule has 1 aliphatic rings. The molecule has 2 aromatic rings. The van der Waals surface area contributed by atoms with Crippen molar-refractivity contribution in [3.05, 3.63) is 57.2 Å². The minimum absolute atomic E-state index is 0.00120. The van der Waals surface area contributed by atoms with Crippen molar-refractivity contribution in [2.75, 3.05) is 7.05 Å². The van der Waals surface area contributed by atoms with Crippen molar-refractivity contribution in [1.82, 2.24) is 10.2 Å². The van der Waals surface area contributed by atoms with E-state index in [9.17, 15) is 9.59 Å². The second-order valence-electron chi connectivity index (χ2n) is 5.58. The van der Waals surface area contributed by atoms with Crippen molar-refractivity contribution >= 4 is 34.8 Å². The van der Waals surface area contributed by atoms with Crippen LogP contribution in [-0.2, 0) is 16.1 Å². The summed E-state index contributed by atoms with van der Waals surface area (Å²) in [5.41, 5.74) is 0.868.